The number of nitrogens with zero attached hydrogens (tertiary/aromatic N) is 2. The number of halogens is 1. The van der Waals surface area contributed by atoms with Crippen molar-refractivity contribution in [1.29, 1.82) is 0 Å². The van der Waals surface area contributed by atoms with Crippen LogP contribution in [0.3, 0.4) is 0 Å². The number of rotatable bonds is 7. The van der Waals surface area contributed by atoms with Crippen molar-refractivity contribution < 1.29 is 22.7 Å². The first-order chi connectivity index (χ1) is 16.7. The number of hydrogen-bond donors (Lipinski definition) is 1. The van der Waals surface area contributed by atoms with Crippen LogP contribution in [0.2, 0.25) is 5.02 Å². The van der Waals surface area contributed by atoms with Crippen molar-refractivity contribution in [3.63, 3.8) is 0 Å². The van der Waals surface area contributed by atoms with Crippen LogP contribution in [0.1, 0.15) is 33.1 Å². The molecular weight excluding hydrogens is 490 g/mol. The van der Waals surface area contributed by atoms with Gasteiger partial charge in [-0.1, -0.05) is 11.6 Å². The van der Waals surface area contributed by atoms with Crippen LogP contribution in [-0.4, -0.2) is 63.6 Å². The molecule has 190 valence electrons. The van der Waals surface area contributed by atoms with E-state index < -0.39 is 15.6 Å². The number of amides is 1. The smallest absolute Gasteiger partial charge is 0.268 e. The van der Waals surface area contributed by atoms with E-state index in [2.05, 4.69) is 10.2 Å². The van der Waals surface area contributed by atoms with E-state index in [0.717, 1.165) is 38.0 Å². The van der Waals surface area contributed by atoms with Gasteiger partial charge in [0, 0.05) is 31.2 Å². The third kappa shape index (κ3) is 6.09. The first-order valence-corrected chi connectivity index (χ1v) is 13.7. The number of piperidine rings is 1. The van der Waals surface area contributed by atoms with Gasteiger partial charge in [0.05, 0.1) is 29.5 Å². The molecule has 35 heavy (non-hydrogen) atoms. The quantitative estimate of drug-likeness (QED) is 0.589. The number of carbonyl (C=O) groups is 1. The highest BCUT2D eigenvalue weighted by Gasteiger charge is 2.32. The van der Waals surface area contributed by atoms with E-state index in [9.17, 15) is 13.2 Å². The van der Waals surface area contributed by atoms with Gasteiger partial charge in [0.1, 0.15) is 5.75 Å². The van der Waals surface area contributed by atoms with Crippen molar-refractivity contribution in [3.8, 4) is 5.75 Å². The van der Waals surface area contributed by atoms with Crippen molar-refractivity contribution in [2.75, 3.05) is 49.6 Å². The maximum absolute atomic E-state index is 13.3. The summed E-state index contributed by atoms with van der Waals surface area (Å²) in [6, 6.07) is 11.8. The molecule has 8 nitrogen and oxygen atoms in total. The number of hydrogen-bond acceptors (Lipinski definition) is 6. The minimum absolute atomic E-state index is 0.145. The SMILES string of the molecule is CC(C)(Oc1ccc(Cl)cc1)C(=O)Nc1cc(S(=O)(=O)N2CCOCC2)ccc1N1CCCCC1. The second-order valence-electron chi connectivity index (χ2n) is 9.26. The third-order valence-electron chi connectivity index (χ3n) is 6.25. The summed E-state index contributed by atoms with van der Waals surface area (Å²) in [5.74, 6) is 0.126. The van der Waals surface area contributed by atoms with Crippen LogP contribution in [-0.2, 0) is 19.6 Å². The predicted octanol–water partition coefficient (Wildman–Crippen LogP) is 4.15. The van der Waals surface area contributed by atoms with Gasteiger partial charge in [0.15, 0.2) is 5.60 Å². The molecule has 1 N–H and O–H groups in total. The Morgan fingerprint density at radius 3 is 2.31 bits per heavy atom. The number of anilines is 2. The van der Waals surface area contributed by atoms with Gasteiger partial charge in [0.25, 0.3) is 5.91 Å². The molecule has 2 fully saturated rings. The molecule has 0 bridgehead atoms. The van der Waals surface area contributed by atoms with Gasteiger partial charge in [-0.3, -0.25) is 4.79 Å². The molecule has 0 saturated carbocycles. The largest absolute Gasteiger partial charge is 0.478 e. The van der Waals surface area contributed by atoms with E-state index in [-0.39, 0.29) is 10.8 Å². The fourth-order valence-corrected chi connectivity index (χ4v) is 5.80. The van der Waals surface area contributed by atoms with E-state index in [1.165, 1.54) is 4.31 Å². The Kier molecular flexibility index (Phi) is 7.90. The molecule has 2 aliphatic rings. The molecule has 0 spiro atoms. The van der Waals surface area contributed by atoms with Crippen LogP contribution in [0.15, 0.2) is 47.4 Å². The Morgan fingerprint density at radius 2 is 1.66 bits per heavy atom. The second-order valence-corrected chi connectivity index (χ2v) is 11.6. The first-order valence-electron chi connectivity index (χ1n) is 11.9. The predicted molar refractivity (Wildman–Crippen MR) is 137 cm³/mol. The molecule has 0 unspecified atom stereocenters. The topological polar surface area (TPSA) is 88.2 Å². The average molecular weight is 522 g/mol. The zero-order chi connectivity index (χ0) is 25.1. The maximum Gasteiger partial charge on any atom is 0.268 e. The summed E-state index contributed by atoms with van der Waals surface area (Å²) in [6.45, 7) is 6.39. The van der Waals surface area contributed by atoms with Crippen molar-refractivity contribution in [2.45, 2.75) is 43.6 Å². The summed E-state index contributed by atoms with van der Waals surface area (Å²) in [5, 5.41) is 3.53. The zero-order valence-corrected chi connectivity index (χ0v) is 21.7. The molecule has 10 heteroatoms. The fraction of sp³-hybridized carbons (Fsp3) is 0.480. The van der Waals surface area contributed by atoms with E-state index in [4.69, 9.17) is 21.1 Å². The Hall–Kier alpha value is -2.33. The molecule has 0 aliphatic carbocycles. The Labute approximate surface area is 212 Å². The van der Waals surface area contributed by atoms with Crippen LogP contribution in [0.25, 0.3) is 0 Å². The van der Waals surface area contributed by atoms with Gasteiger partial charge in [-0.15, -0.1) is 0 Å². The molecule has 4 rings (SSSR count). The highest BCUT2D eigenvalue weighted by atomic mass is 35.5. The van der Waals surface area contributed by atoms with E-state index in [1.54, 1.807) is 56.3 Å². The molecule has 2 aromatic carbocycles. The van der Waals surface area contributed by atoms with Crippen LogP contribution < -0.4 is 15.0 Å². The number of sulfonamides is 1. The lowest BCUT2D eigenvalue weighted by atomic mass is 10.1. The van der Waals surface area contributed by atoms with E-state index in [0.29, 0.717) is 42.8 Å². The highest BCUT2D eigenvalue weighted by molar-refractivity contribution is 7.89. The van der Waals surface area contributed by atoms with E-state index in [1.807, 2.05) is 0 Å². The van der Waals surface area contributed by atoms with Crippen LogP contribution in [0, 0.1) is 0 Å². The zero-order valence-electron chi connectivity index (χ0n) is 20.1. The normalized spacial score (nSPS) is 17.7. The Bertz CT molecular complexity index is 1140. The van der Waals surface area contributed by atoms with Crippen LogP contribution >= 0.6 is 11.6 Å². The molecule has 0 radical (unpaired) electrons. The molecule has 2 heterocycles. The number of carbonyl (C=O) groups excluding carboxylic acids is 1. The summed E-state index contributed by atoms with van der Waals surface area (Å²) in [7, 11) is -3.72. The summed E-state index contributed by atoms with van der Waals surface area (Å²) in [6.07, 6.45) is 3.25. The molecule has 2 aromatic rings. The second kappa shape index (κ2) is 10.7. The summed E-state index contributed by atoms with van der Waals surface area (Å²) in [4.78, 5) is 15.7. The van der Waals surface area contributed by atoms with Gasteiger partial charge in [0.2, 0.25) is 10.0 Å². The lowest BCUT2D eigenvalue weighted by Gasteiger charge is -2.32. The molecule has 0 aromatic heterocycles. The van der Waals surface area contributed by atoms with Gasteiger partial charge in [-0.05, 0) is 75.6 Å². The summed E-state index contributed by atoms with van der Waals surface area (Å²) < 4.78 is 39.2. The Morgan fingerprint density at radius 1 is 1.00 bits per heavy atom. The Balaban J connectivity index is 1.62. The molecule has 2 saturated heterocycles. The summed E-state index contributed by atoms with van der Waals surface area (Å²) >= 11 is 5.95. The number of benzene rings is 2. The molecule has 1 amide bonds. The maximum atomic E-state index is 13.3. The highest BCUT2D eigenvalue weighted by Crippen LogP contribution is 2.33. The van der Waals surface area contributed by atoms with Gasteiger partial charge in [-0.25, -0.2) is 8.42 Å². The van der Waals surface area contributed by atoms with Gasteiger partial charge in [-0.2, -0.15) is 4.31 Å². The van der Waals surface area contributed by atoms with Gasteiger partial charge >= 0.3 is 0 Å². The number of morpholine rings is 1. The lowest BCUT2D eigenvalue weighted by Crippen LogP contribution is -2.43. The number of ether oxygens (including phenoxy) is 2. The van der Waals surface area contributed by atoms with Crippen molar-refractivity contribution in [3.05, 3.63) is 47.5 Å². The van der Waals surface area contributed by atoms with Crippen LogP contribution in [0.4, 0.5) is 11.4 Å². The minimum Gasteiger partial charge on any atom is -0.478 e. The van der Waals surface area contributed by atoms with Crippen molar-refractivity contribution in [1.82, 2.24) is 4.31 Å². The molecular formula is C25H32ClN3O5S. The molecule has 0 atom stereocenters. The average Bonchev–Trinajstić information content (AvgIpc) is 2.86. The number of nitrogens with one attached hydrogen (secondary N) is 1. The van der Waals surface area contributed by atoms with Crippen molar-refractivity contribution >= 4 is 38.9 Å². The van der Waals surface area contributed by atoms with Crippen molar-refractivity contribution in [2.24, 2.45) is 0 Å². The van der Waals surface area contributed by atoms with E-state index >= 15 is 0 Å². The third-order valence-corrected chi connectivity index (χ3v) is 8.40. The lowest BCUT2D eigenvalue weighted by molar-refractivity contribution is -0.128. The first kappa shape index (κ1) is 25.8. The van der Waals surface area contributed by atoms with Gasteiger partial charge < -0.3 is 19.7 Å². The molecule has 2 aliphatic heterocycles. The fourth-order valence-electron chi connectivity index (χ4n) is 4.24. The standard InChI is InChI=1S/C25H32ClN3O5S/c1-25(2,34-20-8-6-19(26)7-9-20)24(30)27-22-18-21(35(31,32)29-14-16-33-17-15-29)10-11-23(22)28-12-4-3-5-13-28/h6-11,18H,3-5,12-17H2,1-2H3,(H,27,30). The summed E-state index contributed by atoms with van der Waals surface area (Å²) in [5.41, 5.74) is 0.0480. The minimum atomic E-state index is -3.72. The monoisotopic (exact) mass is 521 g/mol. The van der Waals surface area contributed by atoms with Crippen LogP contribution in [0.5, 0.6) is 5.75 Å².